The predicted molar refractivity (Wildman–Crippen MR) is 112 cm³/mol. The summed E-state index contributed by atoms with van der Waals surface area (Å²) in [6, 6.07) is 11.2. The van der Waals surface area contributed by atoms with Gasteiger partial charge in [-0.05, 0) is 35.9 Å². The maximum Gasteiger partial charge on any atom is 0.248 e. The van der Waals surface area contributed by atoms with Gasteiger partial charge in [0, 0.05) is 19.2 Å². The van der Waals surface area contributed by atoms with Crippen LogP contribution in [0.1, 0.15) is 5.56 Å². The topological polar surface area (TPSA) is 60.0 Å². The first-order valence-corrected chi connectivity index (χ1v) is 9.32. The Morgan fingerprint density at radius 3 is 2.64 bits per heavy atom. The van der Waals surface area contributed by atoms with Gasteiger partial charge in [-0.3, -0.25) is 4.79 Å². The summed E-state index contributed by atoms with van der Waals surface area (Å²) in [5.41, 5.74) is 2.49. The molecule has 148 valence electrons. The zero-order chi connectivity index (χ0) is 19.9. The number of hydrogen-bond donors (Lipinski definition) is 1. The molecule has 0 unspecified atom stereocenters. The van der Waals surface area contributed by atoms with E-state index in [0.717, 1.165) is 30.0 Å². The molecule has 6 nitrogen and oxygen atoms in total. The number of anilines is 2. The van der Waals surface area contributed by atoms with E-state index >= 15 is 0 Å². The van der Waals surface area contributed by atoms with Crippen molar-refractivity contribution >= 4 is 35.0 Å². The van der Waals surface area contributed by atoms with Gasteiger partial charge in [0.2, 0.25) is 5.91 Å². The molecule has 0 aromatic heterocycles. The van der Waals surface area contributed by atoms with Crippen molar-refractivity contribution in [3.05, 3.63) is 53.1 Å². The molecule has 1 aliphatic rings. The molecule has 7 heteroatoms. The summed E-state index contributed by atoms with van der Waals surface area (Å²) in [5.74, 6) is 0.740. The van der Waals surface area contributed by atoms with Crippen LogP contribution in [0.3, 0.4) is 0 Å². The number of carbonyl (C=O) groups is 1. The molecule has 1 amide bonds. The van der Waals surface area contributed by atoms with Gasteiger partial charge in [0.1, 0.15) is 0 Å². The molecule has 1 saturated heterocycles. The van der Waals surface area contributed by atoms with Crippen LogP contribution in [0, 0.1) is 0 Å². The standard InChI is InChI=1S/C21H23ClN2O4/c1-26-19-14-15(13-16(22)21(19)27-2)7-8-20(25)23-17-5-3-4-6-18(17)24-9-11-28-12-10-24/h3-8,13-14H,9-12H2,1-2H3,(H,23,25). The molecule has 2 aromatic carbocycles. The van der Waals surface area contributed by atoms with E-state index in [2.05, 4.69) is 10.2 Å². The molecule has 0 bridgehead atoms. The van der Waals surface area contributed by atoms with Crippen molar-refractivity contribution in [3.63, 3.8) is 0 Å². The van der Waals surface area contributed by atoms with Gasteiger partial charge in [-0.1, -0.05) is 23.7 Å². The summed E-state index contributed by atoms with van der Waals surface area (Å²) in [5, 5.41) is 3.36. The largest absolute Gasteiger partial charge is 0.493 e. The number of para-hydroxylation sites is 2. The molecule has 3 rings (SSSR count). The van der Waals surface area contributed by atoms with Crippen molar-refractivity contribution < 1.29 is 19.0 Å². The quantitative estimate of drug-likeness (QED) is 0.744. The second-order valence-electron chi connectivity index (χ2n) is 6.18. The van der Waals surface area contributed by atoms with Crippen molar-refractivity contribution in [2.45, 2.75) is 0 Å². The first-order valence-electron chi connectivity index (χ1n) is 8.94. The first-order chi connectivity index (χ1) is 13.6. The van der Waals surface area contributed by atoms with Gasteiger partial charge >= 0.3 is 0 Å². The number of nitrogens with zero attached hydrogens (tertiary/aromatic N) is 1. The number of rotatable bonds is 6. The predicted octanol–water partition coefficient (Wildman–Crippen LogP) is 3.85. The molecule has 0 spiro atoms. The molecule has 0 atom stereocenters. The van der Waals surface area contributed by atoms with Crippen LogP contribution in [0.25, 0.3) is 6.08 Å². The van der Waals surface area contributed by atoms with Gasteiger partial charge < -0.3 is 24.4 Å². The minimum atomic E-state index is -0.230. The maximum atomic E-state index is 12.5. The van der Waals surface area contributed by atoms with Gasteiger partial charge in [0.15, 0.2) is 11.5 Å². The van der Waals surface area contributed by atoms with Crippen molar-refractivity contribution in [1.29, 1.82) is 0 Å². The molecular formula is C21H23ClN2O4. The van der Waals surface area contributed by atoms with Crippen LogP contribution in [0.15, 0.2) is 42.5 Å². The second-order valence-corrected chi connectivity index (χ2v) is 6.58. The van der Waals surface area contributed by atoms with Crippen molar-refractivity contribution in [3.8, 4) is 11.5 Å². The third-order valence-corrected chi connectivity index (χ3v) is 4.68. The van der Waals surface area contributed by atoms with Crippen LogP contribution in [0.5, 0.6) is 11.5 Å². The van der Waals surface area contributed by atoms with E-state index in [4.69, 9.17) is 25.8 Å². The molecular weight excluding hydrogens is 380 g/mol. The van der Waals surface area contributed by atoms with Gasteiger partial charge in [-0.15, -0.1) is 0 Å². The van der Waals surface area contributed by atoms with E-state index in [1.54, 1.807) is 18.2 Å². The lowest BCUT2D eigenvalue weighted by Crippen LogP contribution is -2.36. The summed E-state index contributed by atoms with van der Waals surface area (Å²) < 4.78 is 15.9. The van der Waals surface area contributed by atoms with Crippen LogP contribution in [0.4, 0.5) is 11.4 Å². The highest BCUT2D eigenvalue weighted by Gasteiger charge is 2.15. The summed E-state index contributed by atoms with van der Waals surface area (Å²) in [6.45, 7) is 2.96. The number of carbonyl (C=O) groups excluding carboxylic acids is 1. The van der Waals surface area contributed by atoms with E-state index in [1.165, 1.54) is 20.3 Å². The Morgan fingerprint density at radius 2 is 1.93 bits per heavy atom. The monoisotopic (exact) mass is 402 g/mol. The Hall–Kier alpha value is -2.70. The van der Waals surface area contributed by atoms with Crippen LogP contribution in [-0.4, -0.2) is 46.4 Å². The Balaban J connectivity index is 1.73. The summed E-state index contributed by atoms with van der Waals surface area (Å²) in [6.07, 6.45) is 3.15. The third kappa shape index (κ3) is 4.77. The molecule has 0 aliphatic carbocycles. The van der Waals surface area contributed by atoms with Crippen molar-refractivity contribution in [1.82, 2.24) is 0 Å². The number of methoxy groups -OCH3 is 2. The third-order valence-electron chi connectivity index (χ3n) is 4.40. The van der Waals surface area contributed by atoms with Crippen molar-refractivity contribution in [2.24, 2.45) is 0 Å². The van der Waals surface area contributed by atoms with Gasteiger partial charge in [0.05, 0.1) is 43.8 Å². The molecule has 1 heterocycles. The summed E-state index contributed by atoms with van der Waals surface area (Å²) in [7, 11) is 3.07. The minimum absolute atomic E-state index is 0.230. The fourth-order valence-corrected chi connectivity index (χ4v) is 3.34. The maximum absolute atomic E-state index is 12.5. The molecule has 28 heavy (non-hydrogen) atoms. The zero-order valence-electron chi connectivity index (χ0n) is 15.9. The lowest BCUT2D eigenvalue weighted by molar-refractivity contribution is -0.111. The fourth-order valence-electron chi connectivity index (χ4n) is 3.04. The Kier molecular flexibility index (Phi) is 6.79. The van der Waals surface area contributed by atoms with Crippen molar-refractivity contribution in [2.75, 3.05) is 50.7 Å². The van der Waals surface area contributed by atoms with E-state index in [1.807, 2.05) is 24.3 Å². The highest BCUT2D eigenvalue weighted by Crippen LogP contribution is 2.36. The summed E-state index contributed by atoms with van der Waals surface area (Å²) >= 11 is 6.21. The Morgan fingerprint density at radius 1 is 1.18 bits per heavy atom. The van der Waals surface area contributed by atoms with Crippen LogP contribution in [0.2, 0.25) is 5.02 Å². The average Bonchev–Trinajstić information content (AvgIpc) is 2.73. The number of morpholine rings is 1. The Bertz CT molecular complexity index is 863. The van der Waals surface area contributed by atoms with Gasteiger partial charge in [0.25, 0.3) is 0 Å². The molecule has 0 saturated carbocycles. The minimum Gasteiger partial charge on any atom is -0.493 e. The fraction of sp³-hybridized carbons (Fsp3) is 0.286. The number of halogens is 1. The van der Waals surface area contributed by atoms with E-state index in [0.29, 0.717) is 29.7 Å². The number of hydrogen-bond acceptors (Lipinski definition) is 5. The smallest absolute Gasteiger partial charge is 0.248 e. The van der Waals surface area contributed by atoms with Crippen LogP contribution >= 0.6 is 11.6 Å². The molecule has 2 aromatic rings. The normalized spacial score (nSPS) is 14.2. The van der Waals surface area contributed by atoms with Crippen LogP contribution < -0.4 is 19.7 Å². The molecule has 1 aliphatic heterocycles. The molecule has 1 N–H and O–H groups in total. The molecule has 0 radical (unpaired) electrons. The van der Waals surface area contributed by atoms with Crippen LogP contribution in [-0.2, 0) is 9.53 Å². The second kappa shape index (κ2) is 9.48. The van der Waals surface area contributed by atoms with Gasteiger partial charge in [-0.2, -0.15) is 0 Å². The SMILES string of the molecule is COc1cc(C=CC(=O)Nc2ccccc2N2CCOCC2)cc(Cl)c1OC. The van der Waals surface area contributed by atoms with E-state index < -0.39 is 0 Å². The first kappa shape index (κ1) is 20.0. The number of ether oxygens (including phenoxy) is 3. The number of nitrogens with one attached hydrogen (secondary N) is 1. The lowest BCUT2D eigenvalue weighted by atomic mass is 10.1. The lowest BCUT2D eigenvalue weighted by Gasteiger charge is -2.30. The highest BCUT2D eigenvalue weighted by molar-refractivity contribution is 6.32. The Labute approximate surface area is 169 Å². The number of amides is 1. The molecule has 1 fully saturated rings. The average molecular weight is 403 g/mol. The highest BCUT2D eigenvalue weighted by atomic mass is 35.5. The van der Waals surface area contributed by atoms with E-state index in [-0.39, 0.29) is 5.91 Å². The summed E-state index contributed by atoms with van der Waals surface area (Å²) in [4.78, 5) is 14.7. The number of benzene rings is 2. The van der Waals surface area contributed by atoms with Gasteiger partial charge in [-0.25, -0.2) is 0 Å². The van der Waals surface area contributed by atoms with E-state index in [9.17, 15) is 4.79 Å². The zero-order valence-corrected chi connectivity index (χ0v) is 16.7.